The first kappa shape index (κ1) is 22.6. The highest BCUT2D eigenvalue weighted by molar-refractivity contribution is 5.85. The Morgan fingerprint density at radius 2 is 1.92 bits per heavy atom. The van der Waals surface area contributed by atoms with E-state index in [0.717, 1.165) is 66.2 Å². The van der Waals surface area contributed by atoms with Crippen LogP contribution in [0.4, 0.5) is 15.9 Å². The number of nitrogens with zero attached hydrogens (tertiary/aromatic N) is 7. The fourth-order valence-corrected chi connectivity index (χ4v) is 4.97. The number of nitrogens with one attached hydrogen (secondary N) is 1. The van der Waals surface area contributed by atoms with Crippen LogP contribution in [0.15, 0.2) is 67.3 Å². The lowest BCUT2D eigenvalue weighted by Gasteiger charge is -2.20. The third-order valence-electron chi connectivity index (χ3n) is 6.87. The van der Waals surface area contributed by atoms with E-state index in [2.05, 4.69) is 49.5 Å². The topological polar surface area (TPSA) is 66.5 Å². The summed E-state index contributed by atoms with van der Waals surface area (Å²) in [5, 5.41) is 13.5. The van der Waals surface area contributed by atoms with Crippen molar-refractivity contribution in [3.63, 3.8) is 0 Å². The number of rotatable bonds is 6. The van der Waals surface area contributed by atoms with Crippen LogP contribution in [0.5, 0.6) is 0 Å². The number of benzene rings is 2. The minimum Gasteiger partial charge on any atom is -0.338 e. The molecule has 1 aliphatic rings. The molecule has 1 fully saturated rings. The highest BCUT2D eigenvalue weighted by Crippen LogP contribution is 2.27. The maximum atomic E-state index is 13.6. The van der Waals surface area contributed by atoms with Crippen molar-refractivity contribution in [1.29, 1.82) is 0 Å². The molecule has 8 nitrogen and oxygen atoms in total. The second-order valence-electron chi connectivity index (χ2n) is 9.51. The van der Waals surface area contributed by atoms with E-state index in [4.69, 9.17) is 0 Å². The third kappa shape index (κ3) is 4.67. The van der Waals surface area contributed by atoms with E-state index < -0.39 is 0 Å². The molecule has 0 radical (unpaired) electrons. The van der Waals surface area contributed by atoms with Crippen LogP contribution < -0.4 is 5.32 Å². The molecule has 4 heterocycles. The Bertz CT molecular complexity index is 1510. The monoisotopic (exact) mass is 484 g/mol. The molecular weight excluding hydrogens is 455 g/mol. The smallest absolute Gasteiger partial charge is 0.158 e. The molecular formula is C27H29FN8. The summed E-state index contributed by atoms with van der Waals surface area (Å²) in [5.41, 5.74) is 5.01. The van der Waals surface area contributed by atoms with Gasteiger partial charge in [-0.2, -0.15) is 10.2 Å². The molecule has 0 atom stereocenters. The molecule has 36 heavy (non-hydrogen) atoms. The first-order chi connectivity index (χ1) is 17.6. The van der Waals surface area contributed by atoms with Crippen molar-refractivity contribution in [1.82, 2.24) is 34.2 Å². The van der Waals surface area contributed by atoms with Gasteiger partial charge in [0.05, 0.1) is 18.3 Å². The van der Waals surface area contributed by atoms with E-state index in [1.807, 2.05) is 39.8 Å². The Labute approximate surface area is 209 Å². The van der Waals surface area contributed by atoms with E-state index in [1.165, 1.54) is 18.1 Å². The number of halogens is 1. The van der Waals surface area contributed by atoms with Crippen molar-refractivity contribution in [2.75, 3.05) is 38.5 Å². The van der Waals surface area contributed by atoms with E-state index in [-0.39, 0.29) is 5.82 Å². The largest absolute Gasteiger partial charge is 0.338 e. The van der Waals surface area contributed by atoms with Gasteiger partial charge in [0.25, 0.3) is 0 Å². The summed E-state index contributed by atoms with van der Waals surface area (Å²) in [6.07, 6.45) is 6.60. The van der Waals surface area contributed by atoms with Gasteiger partial charge in [-0.05, 0) is 74.1 Å². The Kier molecular flexibility index (Phi) is 6.08. The molecule has 184 valence electrons. The zero-order chi connectivity index (χ0) is 24.5. The van der Waals surface area contributed by atoms with Crippen LogP contribution in [0, 0.1) is 5.82 Å². The molecule has 6 rings (SSSR count). The van der Waals surface area contributed by atoms with Crippen molar-refractivity contribution in [3.05, 3.63) is 84.2 Å². The molecule has 0 bridgehead atoms. The van der Waals surface area contributed by atoms with Crippen LogP contribution in [0.1, 0.15) is 17.5 Å². The quantitative estimate of drug-likeness (QED) is 0.391. The number of hydrogen-bond acceptors (Lipinski definition) is 6. The summed E-state index contributed by atoms with van der Waals surface area (Å²) >= 11 is 0. The van der Waals surface area contributed by atoms with E-state index in [1.54, 1.807) is 18.5 Å². The maximum absolute atomic E-state index is 13.6. The number of likely N-dealkylation sites (N-methyl/N-ethyl adjacent to an activating group) is 1. The van der Waals surface area contributed by atoms with Gasteiger partial charge >= 0.3 is 0 Å². The van der Waals surface area contributed by atoms with Gasteiger partial charge in [-0.25, -0.2) is 13.9 Å². The molecule has 3 aromatic heterocycles. The zero-order valence-corrected chi connectivity index (χ0v) is 20.3. The average Bonchev–Trinajstić information content (AvgIpc) is 3.40. The van der Waals surface area contributed by atoms with Crippen molar-refractivity contribution in [2.24, 2.45) is 0 Å². The number of hydrogen-bond donors (Lipinski definition) is 1. The van der Waals surface area contributed by atoms with Gasteiger partial charge < -0.3 is 10.2 Å². The molecule has 0 spiro atoms. The Morgan fingerprint density at radius 1 is 0.972 bits per heavy atom. The van der Waals surface area contributed by atoms with Gasteiger partial charge in [0.15, 0.2) is 5.82 Å². The average molecular weight is 485 g/mol. The Morgan fingerprint density at radius 3 is 2.83 bits per heavy atom. The van der Waals surface area contributed by atoms with Gasteiger partial charge in [-0.1, -0.05) is 12.1 Å². The molecule has 0 saturated carbocycles. The molecule has 0 aliphatic carbocycles. The molecule has 1 saturated heterocycles. The first-order valence-corrected chi connectivity index (χ1v) is 12.3. The molecule has 1 N–H and O–H groups in total. The zero-order valence-electron chi connectivity index (χ0n) is 20.3. The van der Waals surface area contributed by atoms with Crippen molar-refractivity contribution < 1.29 is 4.39 Å². The van der Waals surface area contributed by atoms with Gasteiger partial charge in [0.2, 0.25) is 0 Å². The van der Waals surface area contributed by atoms with Gasteiger partial charge in [0, 0.05) is 36.9 Å². The van der Waals surface area contributed by atoms with Crippen molar-refractivity contribution in [2.45, 2.75) is 19.5 Å². The van der Waals surface area contributed by atoms with Crippen molar-refractivity contribution >= 4 is 27.9 Å². The van der Waals surface area contributed by atoms with E-state index in [9.17, 15) is 4.39 Å². The SMILES string of the molecule is CN1CCCN(Cc2ccn3ncnc(Nc4ccc5c(cnn5Cc5cccc(F)c5)c4)c23)CC1. The van der Waals surface area contributed by atoms with Crippen LogP contribution in [0.3, 0.4) is 0 Å². The minimum atomic E-state index is -0.237. The fourth-order valence-electron chi connectivity index (χ4n) is 4.97. The van der Waals surface area contributed by atoms with Gasteiger partial charge in [0.1, 0.15) is 17.7 Å². The maximum Gasteiger partial charge on any atom is 0.158 e. The lowest BCUT2D eigenvalue weighted by atomic mass is 10.2. The molecule has 9 heteroatoms. The van der Waals surface area contributed by atoms with Crippen LogP contribution >= 0.6 is 0 Å². The Balaban J connectivity index is 1.25. The predicted molar refractivity (Wildman–Crippen MR) is 139 cm³/mol. The van der Waals surface area contributed by atoms with Crippen LogP contribution in [0.2, 0.25) is 0 Å². The summed E-state index contributed by atoms with van der Waals surface area (Å²) in [6, 6.07) is 14.9. The molecule has 5 aromatic rings. The molecule has 0 unspecified atom stereocenters. The summed E-state index contributed by atoms with van der Waals surface area (Å²) in [6.45, 7) is 5.76. The van der Waals surface area contributed by atoms with Crippen molar-refractivity contribution in [3.8, 4) is 0 Å². The number of anilines is 2. The standard InChI is InChI=1S/C27H29FN8/c1-33-9-3-10-34(13-12-33)18-21-8-11-35-26(21)27(29-19-31-35)32-24-6-7-25-22(15-24)16-30-36(25)17-20-4-2-5-23(28)14-20/h2,4-8,11,14-16,19H,3,9-10,12-13,17-18H2,1H3,(H,29,31,32). The predicted octanol–water partition coefficient (Wildman–Crippen LogP) is 4.15. The minimum absolute atomic E-state index is 0.237. The highest BCUT2D eigenvalue weighted by Gasteiger charge is 2.17. The van der Waals surface area contributed by atoms with Crippen LogP contribution in [-0.4, -0.2) is 67.4 Å². The second kappa shape index (κ2) is 9.67. The lowest BCUT2D eigenvalue weighted by Crippen LogP contribution is -2.28. The number of fused-ring (bicyclic) bond motifs is 2. The Hall–Kier alpha value is -3.82. The normalized spacial score (nSPS) is 15.5. The lowest BCUT2D eigenvalue weighted by molar-refractivity contribution is 0.270. The molecule has 0 amide bonds. The molecule has 1 aliphatic heterocycles. The molecule has 2 aromatic carbocycles. The summed E-state index contributed by atoms with van der Waals surface area (Å²) in [5.74, 6) is 0.544. The van der Waals surface area contributed by atoms with Crippen LogP contribution in [-0.2, 0) is 13.1 Å². The van der Waals surface area contributed by atoms with Gasteiger partial charge in [-0.15, -0.1) is 0 Å². The van der Waals surface area contributed by atoms with E-state index >= 15 is 0 Å². The third-order valence-corrected chi connectivity index (χ3v) is 6.87. The first-order valence-electron chi connectivity index (χ1n) is 12.3. The highest BCUT2D eigenvalue weighted by atomic mass is 19.1. The summed E-state index contributed by atoms with van der Waals surface area (Å²) in [7, 11) is 2.19. The second-order valence-corrected chi connectivity index (χ2v) is 9.51. The fraction of sp³-hybridized carbons (Fsp3) is 0.296. The summed E-state index contributed by atoms with van der Waals surface area (Å²) < 4.78 is 17.4. The van der Waals surface area contributed by atoms with Gasteiger partial charge in [-0.3, -0.25) is 9.58 Å². The number of aromatic nitrogens is 5. The van der Waals surface area contributed by atoms with E-state index in [0.29, 0.717) is 6.54 Å². The summed E-state index contributed by atoms with van der Waals surface area (Å²) in [4.78, 5) is 9.48. The van der Waals surface area contributed by atoms with Crippen LogP contribution in [0.25, 0.3) is 16.4 Å².